The Morgan fingerprint density at radius 1 is 1.56 bits per heavy atom. The van der Waals surface area contributed by atoms with Crippen LogP contribution in [0.15, 0.2) is 41.6 Å². The molecule has 0 aliphatic rings. The van der Waals surface area contributed by atoms with E-state index in [1.807, 2.05) is 19.9 Å². The first-order valence-corrected chi connectivity index (χ1v) is 5.86. The van der Waals surface area contributed by atoms with Crippen LogP contribution in [0.2, 0.25) is 0 Å². The van der Waals surface area contributed by atoms with Gasteiger partial charge < -0.3 is 5.32 Å². The maximum Gasteiger partial charge on any atom is 0.250 e. The minimum atomic E-state index is -0.167. The first kappa shape index (κ1) is 15.9. The predicted molar refractivity (Wildman–Crippen MR) is 77.2 cm³/mol. The molecule has 0 rings (SSSR count). The van der Waals surface area contributed by atoms with Crippen LogP contribution in [0, 0.1) is 18.3 Å². The summed E-state index contributed by atoms with van der Waals surface area (Å²) in [7, 11) is 0. The van der Waals surface area contributed by atoms with Gasteiger partial charge >= 0.3 is 0 Å². The predicted octanol–water partition coefficient (Wildman–Crippen LogP) is 2.48. The molecule has 1 amide bonds. The van der Waals surface area contributed by atoms with E-state index < -0.39 is 0 Å². The second kappa shape index (κ2) is 10.1. The van der Waals surface area contributed by atoms with Crippen LogP contribution in [0.4, 0.5) is 0 Å². The summed E-state index contributed by atoms with van der Waals surface area (Å²) in [6.45, 7) is 7.84. The molecule has 0 aromatic carbocycles. The summed E-state index contributed by atoms with van der Waals surface area (Å²) in [5.74, 6) is 2.45. The molecule has 0 heterocycles. The first-order valence-electron chi connectivity index (χ1n) is 5.86. The number of rotatable bonds is 7. The topological polar surface area (TPSA) is 41.5 Å². The third-order valence-corrected chi connectivity index (χ3v) is 2.17. The zero-order valence-corrected chi connectivity index (χ0v) is 11.0. The summed E-state index contributed by atoms with van der Waals surface area (Å²) in [4.78, 5) is 15.5. The zero-order valence-electron chi connectivity index (χ0n) is 11.0. The standard InChI is InChI=1S/C15H20N2O/c1-5-8-13(4)15(18)17-12-10-14(6-2)9-11-16-7-3/h2,5,7-9,11,14H,4,10,12H2,1,3H3,(H,17,18)/b8-5-,11-9-,16-7?. The Labute approximate surface area is 109 Å². The van der Waals surface area contributed by atoms with Crippen LogP contribution in [0.25, 0.3) is 0 Å². The Bertz CT molecular complexity index is 397. The van der Waals surface area contributed by atoms with Crippen LogP contribution in [-0.4, -0.2) is 18.7 Å². The fourth-order valence-electron chi connectivity index (χ4n) is 1.21. The lowest BCUT2D eigenvalue weighted by Gasteiger charge is -2.07. The highest BCUT2D eigenvalue weighted by atomic mass is 16.1. The number of aliphatic imine (C=N–C) groups is 1. The first-order chi connectivity index (χ1) is 8.65. The molecular formula is C15H20N2O. The molecular weight excluding hydrogens is 224 g/mol. The molecule has 0 saturated heterocycles. The quantitative estimate of drug-likeness (QED) is 0.318. The van der Waals surface area contributed by atoms with Gasteiger partial charge in [-0.25, -0.2) is 0 Å². The van der Waals surface area contributed by atoms with Gasteiger partial charge in [0.15, 0.2) is 0 Å². The molecule has 3 nitrogen and oxygen atoms in total. The van der Waals surface area contributed by atoms with Gasteiger partial charge in [-0.1, -0.05) is 30.7 Å². The number of carbonyl (C=O) groups excluding carboxylic acids is 1. The van der Waals surface area contributed by atoms with Crippen LogP contribution in [0.1, 0.15) is 20.3 Å². The second-order valence-corrected chi connectivity index (χ2v) is 3.59. The van der Waals surface area contributed by atoms with Crippen LogP contribution in [0.5, 0.6) is 0 Å². The van der Waals surface area contributed by atoms with E-state index >= 15 is 0 Å². The van der Waals surface area contributed by atoms with Gasteiger partial charge in [-0.05, 0) is 20.3 Å². The number of hydrogen-bond acceptors (Lipinski definition) is 2. The summed E-state index contributed by atoms with van der Waals surface area (Å²) in [6, 6.07) is 0. The highest BCUT2D eigenvalue weighted by Crippen LogP contribution is 2.03. The summed E-state index contributed by atoms with van der Waals surface area (Å²) >= 11 is 0. The lowest BCUT2D eigenvalue weighted by atomic mass is 10.1. The van der Waals surface area contributed by atoms with Crippen molar-refractivity contribution >= 4 is 12.1 Å². The van der Waals surface area contributed by atoms with E-state index in [0.29, 0.717) is 18.5 Å². The monoisotopic (exact) mass is 244 g/mol. The largest absolute Gasteiger partial charge is 0.352 e. The molecule has 0 aromatic heterocycles. The Balaban J connectivity index is 4.06. The SMILES string of the molecule is C#CC(/C=C\N=CC)CCNC(=O)C(=C)/C=C\C. The van der Waals surface area contributed by atoms with Crippen molar-refractivity contribution in [1.29, 1.82) is 0 Å². The lowest BCUT2D eigenvalue weighted by molar-refractivity contribution is -0.117. The maximum atomic E-state index is 11.5. The fourth-order valence-corrected chi connectivity index (χ4v) is 1.21. The number of amides is 1. The van der Waals surface area contributed by atoms with Crippen molar-refractivity contribution in [2.45, 2.75) is 20.3 Å². The van der Waals surface area contributed by atoms with Crippen LogP contribution in [0.3, 0.4) is 0 Å². The average molecular weight is 244 g/mol. The van der Waals surface area contributed by atoms with E-state index in [2.05, 4.69) is 22.8 Å². The molecule has 0 aliphatic carbocycles. The summed E-state index contributed by atoms with van der Waals surface area (Å²) in [5.41, 5.74) is 0.445. The molecule has 0 aromatic rings. The van der Waals surface area contributed by atoms with Gasteiger partial charge in [0.05, 0.1) is 0 Å². The minimum absolute atomic E-state index is 0.0241. The normalized spacial score (nSPS) is 12.9. The summed E-state index contributed by atoms with van der Waals surface area (Å²) in [6.07, 6.45) is 14.7. The fraction of sp³-hybridized carbons (Fsp3) is 0.333. The number of carbonyl (C=O) groups is 1. The number of nitrogens with one attached hydrogen (secondary N) is 1. The van der Waals surface area contributed by atoms with Gasteiger partial charge in [0, 0.05) is 30.5 Å². The Morgan fingerprint density at radius 2 is 2.28 bits per heavy atom. The van der Waals surface area contributed by atoms with Gasteiger partial charge in [-0.2, -0.15) is 0 Å². The van der Waals surface area contributed by atoms with E-state index in [-0.39, 0.29) is 11.8 Å². The van der Waals surface area contributed by atoms with Crippen molar-refractivity contribution in [3.63, 3.8) is 0 Å². The van der Waals surface area contributed by atoms with Crippen LogP contribution >= 0.6 is 0 Å². The second-order valence-electron chi connectivity index (χ2n) is 3.59. The Kier molecular flexibility index (Phi) is 8.93. The molecule has 3 heteroatoms. The van der Waals surface area contributed by atoms with E-state index in [1.54, 1.807) is 24.6 Å². The maximum absolute atomic E-state index is 11.5. The average Bonchev–Trinajstić information content (AvgIpc) is 2.37. The van der Waals surface area contributed by atoms with E-state index in [4.69, 9.17) is 6.42 Å². The molecule has 0 fully saturated rings. The summed E-state index contributed by atoms with van der Waals surface area (Å²) < 4.78 is 0. The van der Waals surface area contributed by atoms with E-state index in [1.165, 1.54) is 0 Å². The van der Waals surface area contributed by atoms with Gasteiger partial charge in [-0.3, -0.25) is 9.79 Å². The number of nitrogens with zero attached hydrogens (tertiary/aromatic N) is 1. The summed E-state index contributed by atoms with van der Waals surface area (Å²) in [5, 5.41) is 2.76. The van der Waals surface area contributed by atoms with Crippen molar-refractivity contribution in [3.8, 4) is 12.3 Å². The van der Waals surface area contributed by atoms with Crippen LogP contribution < -0.4 is 5.32 Å². The molecule has 1 unspecified atom stereocenters. The molecule has 0 aliphatic heterocycles. The highest BCUT2D eigenvalue weighted by molar-refractivity contribution is 5.95. The molecule has 96 valence electrons. The molecule has 0 saturated carbocycles. The molecule has 18 heavy (non-hydrogen) atoms. The lowest BCUT2D eigenvalue weighted by Crippen LogP contribution is -2.26. The third kappa shape index (κ3) is 7.24. The zero-order chi connectivity index (χ0) is 13.8. The number of hydrogen-bond donors (Lipinski definition) is 1. The van der Waals surface area contributed by atoms with Gasteiger partial charge in [0.1, 0.15) is 0 Å². The van der Waals surface area contributed by atoms with Crippen molar-refractivity contribution in [2.75, 3.05) is 6.54 Å². The van der Waals surface area contributed by atoms with Crippen molar-refractivity contribution in [2.24, 2.45) is 10.9 Å². The number of terminal acetylenes is 1. The Morgan fingerprint density at radius 3 is 2.83 bits per heavy atom. The molecule has 1 N–H and O–H groups in total. The number of allylic oxidation sites excluding steroid dienone is 2. The van der Waals surface area contributed by atoms with Gasteiger partial charge in [-0.15, -0.1) is 6.42 Å². The van der Waals surface area contributed by atoms with Gasteiger partial charge in [0.25, 0.3) is 5.91 Å². The molecule has 1 atom stereocenters. The smallest absolute Gasteiger partial charge is 0.250 e. The van der Waals surface area contributed by atoms with Crippen molar-refractivity contribution < 1.29 is 4.79 Å². The van der Waals surface area contributed by atoms with Gasteiger partial charge in [0.2, 0.25) is 0 Å². The van der Waals surface area contributed by atoms with Crippen molar-refractivity contribution in [3.05, 3.63) is 36.6 Å². The van der Waals surface area contributed by atoms with E-state index in [0.717, 1.165) is 0 Å². The van der Waals surface area contributed by atoms with E-state index in [9.17, 15) is 4.79 Å². The minimum Gasteiger partial charge on any atom is -0.352 e. The highest BCUT2D eigenvalue weighted by Gasteiger charge is 2.04. The third-order valence-electron chi connectivity index (χ3n) is 2.17. The van der Waals surface area contributed by atoms with Crippen LogP contribution in [-0.2, 0) is 4.79 Å². The Hall–Kier alpha value is -2.08. The molecule has 0 radical (unpaired) electrons. The van der Waals surface area contributed by atoms with Crippen molar-refractivity contribution in [1.82, 2.24) is 5.32 Å². The molecule has 0 spiro atoms. The molecule has 0 bridgehead atoms.